The Balaban J connectivity index is 1.75. The summed E-state index contributed by atoms with van der Waals surface area (Å²) in [5, 5.41) is 6.51. The summed E-state index contributed by atoms with van der Waals surface area (Å²) >= 11 is 0. The SMILES string of the molecule is CONS(=O)(=O)c1ccc(C(=O)Nc2ccc(-n3cccn3)c(F)c2)cc1. The fraction of sp³-hybridized carbons (Fsp3) is 0.0588. The number of aromatic nitrogens is 2. The number of amides is 1. The van der Waals surface area contributed by atoms with Crippen molar-refractivity contribution in [2.45, 2.75) is 4.90 Å². The van der Waals surface area contributed by atoms with E-state index < -0.39 is 21.7 Å². The minimum Gasteiger partial charge on any atom is -0.322 e. The second-order valence-corrected chi connectivity index (χ2v) is 7.03. The zero-order valence-electron chi connectivity index (χ0n) is 14.1. The molecule has 3 rings (SSSR count). The Morgan fingerprint density at radius 1 is 1.19 bits per heavy atom. The molecule has 27 heavy (non-hydrogen) atoms. The van der Waals surface area contributed by atoms with Crippen molar-refractivity contribution in [1.29, 1.82) is 0 Å². The average Bonchev–Trinajstić information content (AvgIpc) is 3.16. The first-order chi connectivity index (χ1) is 12.9. The van der Waals surface area contributed by atoms with Gasteiger partial charge >= 0.3 is 0 Å². The zero-order chi connectivity index (χ0) is 19.4. The summed E-state index contributed by atoms with van der Waals surface area (Å²) < 4.78 is 39.2. The van der Waals surface area contributed by atoms with Crippen molar-refractivity contribution in [3.63, 3.8) is 0 Å². The van der Waals surface area contributed by atoms with Crippen LogP contribution in [0.4, 0.5) is 10.1 Å². The highest BCUT2D eigenvalue weighted by molar-refractivity contribution is 7.89. The summed E-state index contributed by atoms with van der Waals surface area (Å²) in [5.74, 6) is -1.06. The van der Waals surface area contributed by atoms with Gasteiger partial charge in [-0.25, -0.2) is 17.5 Å². The summed E-state index contributed by atoms with van der Waals surface area (Å²) in [4.78, 5) is 18.5. The van der Waals surface area contributed by atoms with E-state index in [1.807, 2.05) is 4.89 Å². The maximum atomic E-state index is 14.2. The first-order valence-corrected chi connectivity index (χ1v) is 9.15. The van der Waals surface area contributed by atoms with E-state index in [-0.39, 0.29) is 21.8 Å². The van der Waals surface area contributed by atoms with Crippen LogP contribution in [0.1, 0.15) is 10.4 Å². The van der Waals surface area contributed by atoms with Crippen LogP contribution in [0.15, 0.2) is 65.8 Å². The van der Waals surface area contributed by atoms with E-state index in [0.717, 1.165) is 0 Å². The highest BCUT2D eigenvalue weighted by Gasteiger charge is 2.15. The van der Waals surface area contributed by atoms with Crippen LogP contribution in [0.2, 0.25) is 0 Å². The van der Waals surface area contributed by atoms with Crippen LogP contribution in [-0.2, 0) is 14.9 Å². The minimum atomic E-state index is -3.81. The first kappa shape index (κ1) is 18.7. The molecule has 0 unspecified atom stereocenters. The largest absolute Gasteiger partial charge is 0.322 e. The van der Waals surface area contributed by atoms with Gasteiger partial charge in [0.15, 0.2) is 5.82 Å². The van der Waals surface area contributed by atoms with Gasteiger partial charge in [-0.3, -0.25) is 9.63 Å². The van der Waals surface area contributed by atoms with Crippen molar-refractivity contribution in [3.05, 3.63) is 72.3 Å². The lowest BCUT2D eigenvalue weighted by Gasteiger charge is -2.09. The lowest BCUT2D eigenvalue weighted by molar-refractivity contribution is 0.102. The van der Waals surface area contributed by atoms with Crippen molar-refractivity contribution in [1.82, 2.24) is 14.7 Å². The fourth-order valence-electron chi connectivity index (χ4n) is 2.33. The van der Waals surface area contributed by atoms with Gasteiger partial charge in [0.2, 0.25) is 0 Å². The molecule has 0 spiro atoms. The molecule has 0 saturated carbocycles. The Bertz CT molecular complexity index is 1050. The molecule has 8 nitrogen and oxygen atoms in total. The summed E-state index contributed by atoms with van der Waals surface area (Å²) in [6, 6.07) is 11.1. The van der Waals surface area contributed by atoms with Crippen LogP contribution in [0.3, 0.4) is 0 Å². The smallest absolute Gasteiger partial charge is 0.262 e. The van der Waals surface area contributed by atoms with Gasteiger partial charge in [0.25, 0.3) is 15.9 Å². The Labute approximate surface area is 154 Å². The monoisotopic (exact) mass is 390 g/mol. The van der Waals surface area contributed by atoms with E-state index in [1.54, 1.807) is 18.3 Å². The molecule has 2 N–H and O–H groups in total. The molecule has 0 saturated heterocycles. The standard InChI is InChI=1S/C17H15FN4O4S/c1-26-21-27(24,25)14-6-3-12(4-7-14)17(23)20-13-5-8-16(15(18)11-13)22-10-2-9-19-22/h2-11,21H,1H3,(H,20,23). The molecule has 10 heteroatoms. The molecule has 1 heterocycles. The molecule has 0 aliphatic rings. The molecule has 0 radical (unpaired) electrons. The molecule has 0 aliphatic carbocycles. The number of sulfonamides is 1. The van der Waals surface area contributed by atoms with E-state index in [1.165, 1.54) is 54.4 Å². The number of benzene rings is 2. The normalized spacial score (nSPS) is 11.3. The van der Waals surface area contributed by atoms with Gasteiger partial charge in [-0.15, -0.1) is 0 Å². The van der Waals surface area contributed by atoms with Gasteiger partial charge in [0, 0.05) is 23.6 Å². The number of rotatable bonds is 6. The highest BCUT2D eigenvalue weighted by Crippen LogP contribution is 2.19. The second kappa shape index (κ2) is 7.66. The molecule has 0 atom stereocenters. The summed E-state index contributed by atoms with van der Waals surface area (Å²) in [6.07, 6.45) is 3.13. The Morgan fingerprint density at radius 2 is 1.93 bits per heavy atom. The van der Waals surface area contributed by atoms with Crippen LogP contribution >= 0.6 is 0 Å². The summed E-state index contributed by atoms with van der Waals surface area (Å²) in [7, 11) is -2.63. The van der Waals surface area contributed by atoms with Crippen LogP contribution in [-0.4, -0.2) is 31.2 Å². The molecule has 140 valence electrons. The molecule has 1 amide bonds. The fourth-order valence-corrected chi connectivity index (χ4v) is 3.14. The van der Waals surface area contributed by atoms with Gasteiger partial charge < -0.3 is 5.32 Å². The maximum Gasteiger partial charge on any atom is 0.262 e. The molecule has 0 fully saturated rings. The maximum absolute atomic E-state index is 14.2. The summed E-state index contributed by atoms with van der Waals surface area (Å²) in [6.45, 7) is 0. The highest BCUT2D eigenvalue weighted by atomic mass is 32.2. The van der Waals surface area contributed by atoms with Gasteiger partial charge in [-0.2, -0.15) is 5.10 Å². The number of nitrogens with one attached hydrogen (secondary N) is 2. The van der Waals surface area contributed by atoms with Gasteiger partial charge in [-0.05, 0) is 48.5 Å². The molecule has 3 aromatic rings. The molecule has 0 aliphatic heterocycles. The van der Waals surface area contributed by atoms with E-state index in [9.17, 15) is 17.6 Å². The van der Waals surface area contributed by atoms with E-state index in [4.69, 9.17) is 0 Å². The average molecular weight is 390 g/mol. The Kier molecular flexibility index (Phi) is 5.31. The Hall–Kier alpha value is -3.08. The number of halogens is 1. The number of nitrogens with zero attached hydrogens (tertiary/aromatic N) is 2. The number of hydrogen-bond acceptors (Lipinski definition) is 5. The minimum absolute atomic E-state index is 0.0597. The number of carbonyl (C=O) groups is 1. The van der Waals surface area contributed by atoms with Crippen LogP contribution in [0.25, 0.3) is 5.69 Å². The second-order valence-electron chi connectivity index (χ2n) is 5.39. The topological polar surface area (TPSA) is 102 Å². The Morgan fingerprint density at radius 3 is 2.52 bits per heavy atom. The predicted molar refractivity (Wildman–Crippen MR) is 95.2 cm³/mol. The zero-order valence-corrected chi connectivity index (χ0v) is 14.9. The van der Waals surface area contributed by atoms with Gasteiger partial charge in [0.05, 0.1) is 12.0 Å². The summed E-state index contributed by atoms with van der Waals surface area (Å²) in [5.41, 5.74) is 0.715. The molecule has 1 aromatic heterocycles. The third-order valence-electron chi connectivity index (χ3n) is 3.58. The van der Waals surface area contributed by atoms with Gasteiger partial charge in [-0.1, -0.05) is 4.89 Å². The molecule has 0 bridgehead atoms. The van der Waals surface area contributed by atoms with Crippen molar-refractivity contribution < 1.29 is 22.4 Å². The molecular weight excluding hydrogens is 375 g/mol. The lowest BCUT2D eigenvalue weighted by Crippen LogP contribution is -2.22. The van der Waals surface area contributed by atoms with Crippen molar-refractivity contribution in [2.75, 3.05) is 12.4 Å². The van der Waals surface area contributed by atoms with Crippen LogP contribution < -0.4 is 10.2 Å². The van der Waals surface area contributed by atoms with Gasteiger partial charge in [0.1, 0.15) is 5.69 Å². The van der Waals surface area contributed by atoms with Crippen molar-refractivity contribution in [2.24, 2.45) is 0 Å². The van der Waals surface area contributed by atoms with E-state index in [0.29, 0.717) is 0 Å². The predicted octanol–water partition coefficient (Wildman–Crippen LogP) is 2.10. The first-order valence-electron chi connectivity index (χ1n) is 7.66. The number of carbonyl (C=O) groups excluding carboxylic acids is 1. The number of anilines is 1. The third kappa shape index (κ3) is 4.19. The van der Waals surface area contributed by atoms with E-state index in [2.05, 4.69) is 15.3 Å². The van der Waals surface area contributed by atoms with E-state index >= 15 is 0 Å². The number of hydrogen-bond donors (Lipinski definition) is 2. The van der Waals surface area contributed by atoms with Crippen LogP contribution in [0, 0.1) is 5.82 Å². The van der Waals surface area contributed by atoms with Crippen molar-refractivity contribution >= 4 is 21.6 Å². The lowest BCUT2D eigenvalue weighted by atomic mass is 10.2. The molecular formula is C17H15FN4O4S. The molecule has 2 aromatic carbocycles. The van der Waals surface area contributed by atoms with Crippen molar-refractivity contribution in [3.8, 4) is 5.69 Å². The quantitative estimate of drug-likeness (QED) is 0.628. The third-order valence-corrected chi connectivity index (χ3v) is 4.86. The van der Waals surface area contributed by atoms with Crippen LogP contribution in [0.5, 0.6) is 0 Å².